The fourth-order valence-electron chi connectivity index (χ4n) is 3.81. The molecule has 0 saturated carbocycles. The van der Waals surface area contributed by atoms with E-state index in [1.165, 1.54) is 23.6 Å². The van der Waals surface area contributed by atoms with Crippen molar-refractivity contribution in [2.24, 2.45) is 14.1 Å². The fourth-order valence-corrected chi connectivity index (χ4v) is 3.81. The molecular weight excluding hydrogens is 452 g/mol. The van der Waals surface area contributed by atoms with Crippen LogP contribution in [0.1, 0.15) is 5.82 Å². The highest BCUT2D eigenvalue weighted by Gasteiger charge is 2.09. The van der Waals surface area contributed by atoms with Crippen LogP contribution in [0.4, 0.5) is 0 Å². The van der Waals surface area contributed by atoms with Gasteiger partial charge in [0, 0.05) is 25.2 Å². The molecule has 2 aromatic carbocycles. The molecule has 36 heavy (non-hydrogen) atoms. The third kappa shape index (κ3) is 4.64. The van der Waals surface area contributed by atoms with Gasteiger partial charge >= 0.3 is 0 Å². The molecule has 0 radical (unpaired) electrons. The summed E-state index contributed by atoms with van der Waals surface area (Å²) < 4.78 is 5.81. The molecule has 10 heteroatoms. The van der Waals surface area contributed by atoms with E-state index in [0.717, 1.165) is 33.8 Å². The van der Waals surface area contributed by atoms with Crippen molar-refractivity contribution in [2.75, 3.05) is 0 Å². The van der Waals surface area contributed by atoms with Crippen molar-refractivity contribution in [3.63, 3.8) is 0 Å². The maximum atomic E-state index is 4.40. The second-order valence-electron chi connectivity index (χ2n) is 7.98. The minimum atomic E-state index is 0.733. The normalized spacial score (nSPS) is 10.6. The predicted molar refractivity (Wildman–Crippen MR) is 138 cm³/mol. The lowest BCUT2D eigenvalue weighted by Crippen LogP contribution is -1.96. The zero-order valence-corrected chi connectivity index (χ0v) is 20.1. The van der Waals surface area contributed by atoms with Crippen molar-refractivity contribution in [3.05, 3.63) is 98.0 Å². The molecule has 0 atom stereocenters. The monoisotopic (exact) mass is 476 g/mol. The van der Waals surface area contributed by atoms with E-state index in [-0.39, 0.29) is 0 Å². The van der Waals surface area contributed by atoms with Crippen LogP contribution < -0.4 is 0 Å². The average molecular weight is 477 g/mol. The number of fused-ring (bicyclic) bond motifs is 3. The van der Waals surface area contributed by atoms with Crippen molar-refractivity contribution in [1.82, 2.24) is 48.8 Å². The van der Waals surface area contributed by atoms with E-state index in [0.29, 0.717) is 0 Å². The summed E-state index contributed by atoms with van der Waals surface area (Å²) in [6.07, 6.45) is 10.1. The third-order valence-corrected chi connectivity index (χ3v) is 5.58. The SMILES string of the molecule is Cc1nc2ncncc2n1-c1ccccc1.Cn1cnc2ncncc21.Cn1ncc2ccccc21. The molecule has 10 nitrogen and oxygen atoms in total. The molecule has 0 N–H and O–H groups in total. The molecule has 0 bridgehead atoms. The first-order chi connectivity index (χ1) is 17.6. The quantitative estimate of drug-likeness (QED) is 0.352. The molecular formula is C26H24N10. The number of imidazole rings is 2. The van der Waals surface area contributed by atoms with Gasteiger partial charge in [-0.15, -0.1) is 0 Å². The zero-order chi connectivity index (χ0) is 24.9. The van der Waals surface area contributed by atoms with Crippen LogP contribution in [-0.4, -0.2) is 48.8 Å². The first-order valence-electron chi connectivity index (χ1n) is 11.3. The maximum Gasteiger partial charge on any atom is 0.181 e. The van der Waals surface area contributed by atoms with Gasteiger partial charge in [-0.25, -0.2) is 29.9 Å². The Kier molecular flexibility index (Phi) is 6.39. The number of nitrogens with zero attached hydrogens (tertiary/aromatic N) is 10. The summed E-state index contributed by atoms with van der Waals surface area (Å²) in [5.74, 6) is 0.918. The molecule has 178 valence electrons. The van der Waals surface area contributed by atoms with Crippen LogP contribution >= 0.6 is 0 Å². The van der Waals surface area contributed by atoms with Crippen LogP contribution in [0.15, 0.2) is 92.2 Å². The lowest BCUT2D eigenvalue weighted by molar-refractivity contribution is 0.797. The van der Waals surface area contributed by atoms with Crippen LogP contribution in [0.2, 0.25) is 0 Å². The second kappa shape index (κ2) is 10.1. The fraction of sp³-hybridized carbons (Fsp3) is 0.115. The van der Waals surface area contributed by atoms with Gasteiger partial charge in [0.25, 0.3) is 0 Å². The first kappa shape index (κ1) is 22.8. The molecule has 7 aromatic rings. The standard InChI is InChI=1S/C12H10N4.C8H8N2.C6H6N4/c1-9-15-12-11(7-13-8-14-12)16(9)10-5-3-2-4-6-10;1-10-8-5-3-2-4-7(8)6-9-10;1-10-4-9-6-5(10)2-7-3-8-6/h2-8H,1H3;2-6H,1H3;2-4H,1H3. The minimum Gasteiger partial charge on any atom is -0.331 e. The molecule has 0 spiro atoms. The summed E-state index contributed by atoms with van der Waals surface area (Å²) in [7, 11) is 3.86. The van der Waals surface area contributed by atoms with E-state index in [2.05, 4.69) is 51.7 Å². The molecule has 5 heterocycles. The van der Waals surface area contributed by atoms with Gasteiger partial charge < -0.3 is 4.57 Å². The molecule has 0 aliphatic heterocycles. The van der Waals surface area contributed by atoms with Crippen LogP contribution in [0.3, 0.4) is 0 Å². The Morgan fingerprint density at radius 3 is 2.11 bits per heavy atom. The number of rotatable bonds is 1. The largest absolute Gasteiger partial charge is 0.331 e. The van der Waals surface area contributed by atoms with Crippen LogP contribution in [-0.2, 0) is 14.1 Å². The van der Waals surface area contributed by atoms with Crippen molar-refractivity contribution < 1.29 is 0 Å². The van der Waals surface area contributed by atoms with Gasteiger partial charge in [-0.2, -0.15) is 5.10 Å². The zero-order valence-electron chi connectivity index (χ0n) is 20.1. The topological polar surface area (TPSA) is 105 Å². The van der Waals surface area contributed by atoms with E-state index in [1.807, 2.05) is 78.9 Å². The number of aromatic nitrogens is 10. The van der Waals surface area contributed by atoms with Crippen LogP contribution in [0, 0.1) is 6.92 Å². The Morgan fingerprint density at radius 1 is 0.667 bits per heavy atom. The summed E-state index contributed by atoms with van der Waals surface area (Å²) in [6.45, 7) is 1.97. The lowest BCUT2D eigenvalue weighted by atomic mass is 10.3. The maximum absolute atomic E-state index is 4.40. The molecule has 5 aromatic heterocycles. The Labute approximate surface area is 207 Å². The smallest absolute Gasteiger partial charge is 0.181 e. The molecule has 0 unspecified atom stereocenters. The lowest BCUT2D eigenvalue weighted by Gasteiger charge is -2.05. The Bertz CT molecular complexity index is 1660. The summed E-state index contributed by atoms with van der Waals surface area (Å²) in [4.78, 5) is 24.4. The highest BCUT2D eigenvalue weighted by molar-refractivity contribution is 5.78. The molecule has 7 rings (SSSR count). The van der Waals surface area contributed by atoms with E-state index in [4.69, 9.17) is 0 Å². The molecule has 0 saturated heterocycles. The molecule has 0 aliphatic rings. The second-order valence-corrected chi connectivity index (χ2v) is 7.98. The van der Waals surface area contributed by atoms with Gasteiger partial charge in [-0.05, 0) is 25.1 Å². The molecule has 0 fully saturated rings. The van der Waals surface area contributed by atoms with Gasteiger partial charge in [0.05, 0.1) is 30.4 Å². The van der Waals surface area contributed by atoms with Crippen LogP contribution in [0.25, 0.3) is 38.9 Å². The summed E-state index contributed by atoms with van der Waals surface area (Å²) >= 11 is 0. The van der Waals surface area contributed by atoms with E-state index >= 15 is 0 Å². The van der Waals surface area contributed by atoms with Gasteiger partial charge in [0.1, 0.15) is 29.5 Å². The highest BCUT2D eigenvalue weighted by Crippen LogP contribution is 2.18. The van der Waals surface area contributed by atoms with Crippen molar-refractivity contribution in [3.8, 4) is 5.69 Å². The van der Waals surface area contributed by atoms with Gasteiger partial charge in [0.2, 0.25) is 0 Å². The number of hydrogen-bond acceptors (Lipinski definition) is 7. The summed E-state index contributed by atoms with van der Waals surface area (Å²) in [5, 5.41) is 5.31. The van der Waals surface area contributed by atoms with Gasteiger partial charge in [-0.3, -0.25) is 9.25 Å². The molecule has 0 aliphatic carbocycles. The van der Waals surface area contributed by atoms with E-state index in [1.54, 1.807) is 18.7 Å². The Hall–Kier alpha value is -4.99. The van der Waals surface area contributed by atoms with Gasteiger partial charge in [-0.1, -0.05) is 36.4 Å². The summed E-state index contributed by atoms with van der Waals surface area (Å²) in [6, 6.07) is 18.2. The number of para-hydroxylation sites is 2. The molecule has 0 amide bonds. The predicted octanol–water partition coefficient (Wildman–Crippen LogP) is 4.06. The number of aryl methyl sites for hydroxylation is 3. The van der Waals surface area contributed by atoms with Crippen molar-refractivity contribution in [1.29, 1.82) is 0 Å². The Balaban J connectivity index is 0.000000116. The number of benzene rings is 2. The van der Waals surface area contributed by atoms with Crippen LogP contribution in [0.5, 0.6) is 0 Å². The first-order valence-corrected chi connectivity index (χ1v) is 11.3. The number of hydrogen-bond donors (Lipinski definition) is 0. The van der Waals surface area contributed by atoms with Crippen molar-refractivity contribution in [2.45, 2.75) is 6.92 Å². The van der Waals surface area contributed by atoms with Crippen molar-refractivity contribution >= 4 is 33.2 Å². The van der Waals surface area contributed by atoms with E-state index < -0.39 is 0 Å². The van der Waals surface area contributed by atoms with E-state index in [9.17, 15) is 0 Å². The minimum absolute atomic E-state index is 0.733. The average Bonchev–Trinajstić information content (AvgIpc) is 3.60. The Morgan fingerprint density at radius 2 is 1.36 bits per heavy atom. The summed E-state index contributed by atoms with van der Waals surface area (Å²) in [5.41, 5.74) is 5.64. The highest BCUT2D eigenvalue weighted by atomic mass is 15.2. The van der Waals surface area contributed by atoms with Gasteiger partial charge in [0.15, 0.2) is 11.3 Å². The third-order valence-electron chi connectivity index (χ3n) is 5.58.